The Bertz CT molecular complexity index is 1920. The highest BCUT2D eigenvalue weighted by atomic mass is 16.5. The van der Waals surface area contributed by atoms with Crippen molar-refractivity contribution in [3.05, 3.63) is 85.1 Å². The largest absolute Gasteiger partial charge is 0.453 e. The van der Waals surface area contributed by atoms with E-state index in [0.717, 1.165) is 89.8 Å². The van der Waals surface area contributed by atoms with Gasteiger partial charge in [0.25, 0.3) is 0 Å². The lowest BCUT2D eigenvalue weighted by atomic mass is 10.0. The number of aromatic amines is 1. The predicted octanol–water partition coefficient (Wildman–Crippen LogP) is 6.07. The van der Waals surface area contributed by atoms with Gasteiger partial charge in [-0.3, -0.25) is 4.79 Å². The Morgan fingerprint density at radius 1 is 0.959 bits per heavy atom. The Kier molecular flexibility index (Phi) is 9.38. The Morgan fingerprint density at radius 2 is 1.71 bits per heavy atom. The van der Waals surface area contributed by atoms with Crippen LogP contribution in [0.1, 0.15) is 38.1 Å². The van der Waals surface area contributed by atoms with Gasteiger partial charge in [-0.1, -0.05) is 37.3 Å². The van der Waals surface area contributed by atoms with Crippen molar-refractivity contribution in [3.8, 4) is 22.4 Å². The van der Waals surface area contributed by atoms with Crippen molar-refractivity contribution in [1.29, 1.82) is 0 Å². The summed E-state index contributed by atoms with van der Waals surface area (Å²) in [6, 6.07) is 22.1. The van der Waals surface area contributed by atoms with Gasteiger partial charge in [0, 0.05) is 36.4 Å². The third kappa shape index (κ3) is 6.91. The average Bonchev–Trinajstić information content (AvgIpc) is 3.85. The minimum absolute atomic E-state index is 0.126. The minimum Gasteiger partial charge on any atom is -0.453 e. The molecule has 2 amide bonds. The fourth-order valence-electron chi connectivity index (χ4n) is 6.60. The van der Waals surface area contributed by atoms with Crippen molar-refractivity contribution in [1.82, 2.24) is 30.2 Å². The third-order valence-electron chi connectivity index (χ3n) is 9.30. The fraction of sp³-hybridized carbons (Fsp3) is 0.324. The summed E-state index contributed by atoms with van der Waals surface area (Å²) < 4.78 is 10.2. The van der Waals surface area contributed by atoms with Gasteiger partial charge in [-0.05, 0) is 72.4 Å². The average molecular weight is 661 g/mol. The number of rotatable bonds is 9. The molecule has 3 aromatic carbocycles. The molecular formula is C37H40N8O4. The van der Waals surface area contributed by atoms with Crippen molar-refractivity contribution in [2.45, 2.75) is 38.3 Å². The highest BCUT2D eigenvalue weighted by Crippen LogP contribution is 2.34. The van der Waals surface area contributed by atoms with Gasteiger partial charge in [0.15, 0.2) is 0 Å². The van der Waals surface area contributed by atoms with E-state index in [-0.39, 0.29) is 11.9 Å². The molecule has 12 nitrogen and oxygen atoms in total. The molecule has 0 saturated carbocycles. The van der Waals surface area contributed by atoms with E-state index in [0.29, 0.717) is 13.0 Å². The monoisotopic (exact) mass is 660 g/mol. The molecule has 4 heterocycles. The van der Waals surface area contributed by atoms with E-state index in [1.807, 2.05) is 24.1 Å². The van der Waals surface area contributed by atoms with Crippen LogP contribution in [0.15, 0.2) is 79.3 Å². The second-order valence-corrected chi connectivity index (χ2v) is 12.3. The number of hydrogen-bond acceptors (Lipinski definition) is 9. The number of likely N-dealkylation sites (tertiary alicyclic amines) is 1. The van der Waals surface area contributed by atoms with Crippen LogP contribution in [0.2, 0.25) is 0 Å². The summed E-state index contributed by atoms with van der Waals surface area (Å²) in [7, 11) is 1.29. The number of fused-ring (bicyclic) bond motifs is 1. The zero-order valence-corrected chi connectivity index (χ0v) is 27.7. The fourth-order valence-corrected chi connectivity index (χ4v) is 6.60. The number of anilines is 3. The van der Waals surface area contributed by atoms with Crippen LogP contribution < -0.4 is 15.5 Å². The standard InChI is InChI=1S/C37H40N8O4/c1-3-30(43-37(47)48-2)36(46)45-16-4-5-33(45)35-38-22-32(42-35)25-8-6-24(7-9-25)26-10-15-31-29(21-26)34(40-23-39-31)41-27-11-13-28(14-12-27)44-17-19-49-20-18-44/h6-15,21-23,30,33H,3-5,16-20H2,1-2H3,(H,38,42)(H,43,47)(H,39,40,41)/t30-,33?/m1/s1. The molecule has 2 aliphatic heterocycles. The van der Waals surface area contributed by atoms with Crippen LogP contribution in [0.25, 0.3) is 33.3 Å². The van der Waals surface area contributed by atoms with Crippen molar-refractivity contribution >= 4 is 40.1 Å². The van der Waals surface area contributed by atoms with E-state index in [2.05, 4.69) is 96.1 Å². The molecule has 7 rings (SSSR count). The first-order valence-electron chi connectivity index (χ1n) is 16.8. The molecule has 2 aliphatic rings. The van der Waals surface area contributed by atoms with Crippen LogP contribution in [0.3, 0.4) is 0 Å². The quantitative estimate of drug-likeness (QED) is 0.172. The van der Waals surface area contributed by atoms with Gasteiger partial charge in [0.05, 0.1) is 43.8 Å². The molecule has 3 N–H and O–H groups in total. The van der Waals surface area contributed by atoms with E-state index < -0.39 is 12.1 Å². The molecule has 0 spiro atoms. The number of morpholine rings is 1. The van der Waals surface area contributed by atoms with Crippen LogP contribution in [0, 0.1) is 0 Å². The van der Waals surface area contributed by atoms with Crippen molar-refractivity contribution in [2.24, 2.45) is 0 Å². The summed E-state index contributed by atoms with van der Waals surface area (Å²) in [4.78, 5) is 46.4. The molecule has 2 saturated heterocycles. The molecule has 2 fully saturated rings. The Morgan fingerprint density at radius 3 is 2.47 bits per heavy atom. The zero-order valence-electron chi connectivity index (χ0n) is 27.7. The molecule has 2 atom stereocenters. The van der Waals surface area contributed by atoms with Gasteiger partial charge in [-0.25, -0.2) is 19.7 Å². The molecule has 1 unspecified atom stereocenters. The number of carbonyl (C=O) groups excluding carboxylic acids is 2. The Hall–Kier alpha value is -5.49. The second kappa shape index (κ2) is 14.3. The van der Waals surface area contributed by atoms with Gasteiger partial charge in [0.2, 0.25) is 5.91 Å². The van der Waals surface area contributed by atoms with Gasteiger partial charge >= 0.3 is 6.09 Å². The van der Waals surface area contributed by atoms with Crippen LogP contribution in [0.5, 0.6) is 0 Å². The number of nitrogens with one attached hydrogen (secondary N) is 3. The molecule has 0 bridgehead atoms. The number of aromatic nitrogens is 4. The lowest BCUT2D eigenvalue weighted by Gasteiger charge is -2.28. The first kappa shape index (κ1) is 32.1. The Labute approximate surface area is 284 Å². The number of benzene rings is 3. The van der Waals surface area contributed by atoms with Gasteiger partial charge in [-0.15, -0.1) is 0 Å². The summed E-state index contributed by atoms with van der Waals surface area (Å²) in [5.41, 5.74) is 6.98. The Balaban J connectivity index is 1.06. The number of hydrogen-bond donors (Lipinski definition) is 3. The summed E-state index contributed by atoms with van der Waals surface area (Å²) in [5.74, 6) is 1.36. The minimum atomic E-state index is -0.643. The normalized spacial score (nSPS) is 16.8. The van der Waals surface area contributed by atoms with Crippen molar-refractivity contribution in [2.75, 3.05) is 50.2 Å². The van der Waals surface area contributed by atoms with Crippen molar-refractivity contribution < 1.29 is 19.1 Å². The number of H-pyrrole nitrogens is 1. The van der Waals surface area contributed by atoms with Gasteiger partial charge < -0.3 is 34.9 Å². The summed E-state index contributed by atoms with van der Waals surface area (Å²) >= 11 is 0. The highest BCUT2D eigenvalue weighted by Gasteiger charge is 2.35. The maximum atomic E-state index is 13.3. The summed E-state index contributed by atoms with van der Waals surface area (Å²) in [6.45, 7) is 5.79. The lowest BCUT2D eigenvalue weighted by Crippen LogP contribution is -2.48. The number of nitrogens with zero attached hydrogens (tertiary/aromatic N) is 5. The number of carbonyl (C=O) groups is 2. The number of ether oxygens (including phenoxy) is 2. The smallest absolute Gasteiger partial charge is 0.407 e. The van der Waals surface area contributed by atoms with E-state index in [9.17, 15) is 9.59 Å². The highest BCUT2D eigenvalue weighted by molar-refractivity contribution is 5.94. The summed E-state index contributed by atoms with van der Waals surface area (Å²) in [5, 5.41) is 7.07. The third-order valence-corrected chi connectivity index (χ3v) is 9.30. The van der Waals surface area contributed by atoms with Crippen molar-refractivity contribution in [3.63, 3.8) is 0 Å². The van der Waals surface area contributed by atoms with Crippen LogP contribution >= 0.6 is 0 Å². The number of alkyl carbamates (subject to hydrolysis) is 1. The van der Waals surface area contributed by atoms with E-state index >= 15 is 0 Å². The van der Waals surface area contributed by atoms with E-state index in [1.165, 1.54) is 12.8 Å². The predicted molar refractivity (Wildman–Crippen MR) is 189 cm³/mol. The maximum Gasteiger partial charge on any atom is 0.407 e. The SMILES string of the molecule is CC[C@@H](NC(=O)OC)C(=O)N1CCCC1c1ncc(-c2ccc(-c3ccc4ncnc(Nc5ccc(N6CCOCC6)cc5)c4c3)cc2)[nH]1. The van der Waals surface area contributed by atoms with E-state index in [4.69, 9.17) is 9.47 Å². The molecule has 252 valence electrons. The van der Waals surface area contributed by atoms with Crippen LogP contribution in [-0.2, 0) is 14.3 Å². The number of imidazole rings is 1. The molecule has 2 aromatic heterocycles. The number of methoxy groups -OCH3 is 1. The molecule has 5 aromatic rings. The molecule has 12 heteroatoms. The zero-order chi connectivity index (χ0) is 33.7. The van der Waals surface area contributed by atoms with Gasteiger partial charge in [0.1, 0.15) is 24.0 Å². The first-order valence-corrected chi connectivity index (χ1v) is 16.8. The van der Waals surface area contributed by atoms with Crippen LogP contribution in [0.4, 0.5) is 22.0 Å². The summed E-state index contributed by atoms with van der Waals surface area (Å²) in [6.07, 6.45) is 4.92. The van der Waals surface area contributed by atoms with E-state index in [1.54, 1.807) is 6.33 Å². The second-order valence-electron chi connectivity index (χ2n) is 12.3. The van der Waals surface area contributed by atoms with Gasteiger partial charge in [-0.2, -0.15) is 0 Å². The maximum absolute atomic E-state index is 13.3. The molecular weight excluding hydrogens is 620 g/mol. The first-order chi connectivity index (χ1) is 24.0. The molecule has 0 radical (unpaired) electrons. The van der Waals surface area contributed by atoms with Crippen LogP contribution in [-0.4, -0.2) is 82.8 Å². The molecule has 49 heavy (non-hydrogen) atoms. The lowest BCUT2D eigenvalue weighted by molar-refractivity contribution is -0.134. The number of amides is 2. The molecule has 0 aliphatic carbocycles. The topological polar surface area (TPSA) is 138 Å².